The topological polar surface area (TPSA) is 67.3 Å². The predicted molar refractivity (Wildman–Crippen MR) is 66.1 cm³/mol. The van der Waals surface area contributed by atoms with Crippen LogP contribution in [0, 0.1) is 0 Å². The van der Waals surface area contributed by atoms with Gasteiger partial charge in [-0.2, -0.15) is 0 Å². The molecule has 5 nitrogen and oxygen atoms in total. The van der Waals surface area contributed by atoms with Crippen LogP contribution in [-0.2, 0) is 6.42 Å². The fourth-order valence-corrected chi connectivity index (χ4v) is 1.33. The summed E-state index contributed by atoms with van der Waals surface area (Å²) >= 11 is 0. The lowest BCUT2D eigenvalue weighted by molar-refractivity contribution is 0.101. The molecule has 0 amide bonds. The van der Waals surface area contributed by atoms with E-state index in [1.54, 1.807) is 6.20 Å². The van der Waals surface area contributed by atoms with Gasteiger partial charge >= 0.3 is 0 Å². The Morgan fingerprint density at radius 2 is 2.24 bits per heavy atom. The third-order valence-corrected chi connectivity index (χ3v) is 2.30. The molecule has 0 saturated carbocycles. The summed E-state index contributed by atoms with van der Waals surface area (Å²) in [6.07, 6.45) is 3.47. The minimum absolute atomic E-state index is 0.240. The second-order valence-corrected chi connectivity index (χ2v) is 4.23. The van der Waals surface area contributed by atoms with Crippen molar-refractivity contribution in [3.8, 4) is 5.88 Å². The van der Waals surface area contributed by atoms with Crippen LogP contribution in [-0.4, -0.2) is 40.4 Å². The summed E-state index contributed by atoms with van der Waals surface area (Å²) in [4.78, 5) is 7.99. The van der Waals surface area contributed by atoms with Crippen molar-refractivity contribution in [2.24, 2.45) is 0 Å². The standard InChI is InChI=1S/C12H21N3O2/c1-4-10-5-13-8-15-12(10)17-7-11(16)6-14-9(2)3/h5,8-9,11,14,16H,4,6-7H2,1-3H3. The van der Waals surface area contributed by atoms with Crippen molar-refractivity contribution in [2.45, 2.75) is 39.3 Å². The largest absolute Gasteiger partial charge is 0.475 e. The van der Waals surface area contributed by atoms with E-state index in [2.05, 4.69) is 15.3 Å². The summed E-state index contributed by atoms with van der Waals surface area (Å²) in [5.41, 5.74) is 0.955. The molecular formula is C12H21N3O2. The molecular weight excluding hydrogens is 218 g/mol. The second-order valence-electron chi connectivity index (χ2n) is 4.23. The molecule has 0 aromatic carbocycles. The van der Waals surface area contributed by atoms with E-state index < -0.39 is 6.10 Å². The van der Waals surface area contributed by atoms with Gasteiger partial charge in [-0.15, -0.1) is 0 Å². The third-order valence-electron chi connectivity index (χ3n) is 2.30. The molecule has 1 aromatic rings. The van der Waals surface area contributed by atoms with Gasteiger partial charge in [0.2, 0.25) is 5.88 Å². The Balaban J connectivity index is 2.39. The zero-order chi connectivity index (χ0) is 12.7. The molecule has 0 spiro atoms. The van der Waals surface area contributed by atoms with E-state index in [4.69, 9.17) is 4.74 Å². The van der Waals surface area contributed by atoms with Gasteiger partial charge in [0.15, 0.2) is 0 Å². The number of aryl methyl sites for hydroxylation is 1. The van der Waals surface area contributed by atoms with E-state index in [1.165, 1.54) is 6.33 Å². The van der Waals surface area contributed by atoms with Gasteiger partial charge in [0.25, 0.3) is 0 Å². The average molecular weight is 239 g/mol. The lowest BCUT2D eigenvalue weighted by Crippen LogP contribution is -2.35. The molecule has 0 bridgehead atoms. The molecule has 0 aliphatic carbocycles. The summed E-state index contributed by atoms with van der Waals surface area (Å²) < 4.78 is 5.48. The molecule has 2 N–H and O–H groups in total. The third kappa shape index (κ3) is 5.10. The van der Waals surface area contributed by atoms with Crippen LogP contribution in [0.25, 0.3) is 0 Å². The number of hydrogen-bond donors (Lipinski definition) is 2. The van der Waals surface area contributed by atoms with E-state index >= 15 is 0 Å². The molecule has 0 fully saturated rings. The fraction of sp³-hybridized carbons (Fsp3) is 0.667. The maximum absolute atomic E-state index is 9.69. The first-order valence-corrected chi connectivity index (χ1v) is 5.96. The highest BCUT2D eigenvalue weighted by atomic mass is 16.5. The van der Waals surface area contributed by atoms with Crippen molar-refractivity contribution in [3.05, 3.63) is 18.1 Å². The molecule has 0 radical (unpaired) electrons. The first-order chi connectivity index (χ1) is 8.13. The van der Waals surface area contributed by atoms with E-state index in [1.807, 2.05) is 20.8 Å². The summed E-state index contributed by atoms with van der Waals surface area (Å²) in [6.45, 7) is 6.84. The van der Waals surface area contributed by atoms with Crippen molar-refractivity contribution in [2.75, 3.05) is 13.2 Å². The van der Waals surface area contributed by atoms with E-state index in [-0.39, 0.29) is 6.61 Å². The Bertz CT molecular complexity index is 331. The SMILES string of the molecule is CCc1cncnc1OCC(O)CNC(C)C. The highest BCUT2D eigenvalue weighted by Crippen LogP contribution is 2.13. The zero-order valence-corrected chi connectivity index (χ0v) is 10.7. The summed E-state index contributed by atoms with van der Waals surface area (Å²) in [5.74, 6) is 0.561. The predicted octanol–water partition coefficient (Wildman–Crippen LogP) is 0.777. The van der Waals surface area contributed by atoms with Crippen LogP contribution in [0.2, 0.25) is 0 Å². The molecule has 1 aromatic heterocycles. The Morgan fingerprint density at radius 1 is 1.47 bits per heavy atom. The Kier molecular flexibility index (Phi) is 5.86. The lowest BCUT2D eigenvalue weighted by Gasteiger charge is -2.15. The van der Waals surface area contributed by atoms with Crippen molar-refractivity contribution < 1.29 is 9.84 Å². The number of nitrogens with one attached hydrogen (secondary N) is 1. The van der Waals surface area contributed by atoms with Crippen molar-refractivity contribution in [3.63, 3.8) is 0 Å². The molecule has 0 saturated heterocycles. The van der Waals surface area contributed by atoms with Gasteiger partial charge in [0, 0.05) is 24.3 Å². The number of hydrogen-bond acceptors (Lipinski definition) is 5. The Morgan fingerprint density at radius 3 is 2.88 bits per heavy atom. The minimum Gasteiger partial charge on any atom is -0.475 e. The van der Waals surface area contributed by atoms with Crippen LogP contribution in [0.15, 0.2) is 12.5 Å². The summed E-state index contributed by atoms with van der Waals surface area (Å²) in [6, 6.07) is 0.356. The van der Waals surface area contributed by atoms with E-state index in [9.17, 15) is 5.11 Å². The van der Waals surface area contributed by atoms with Crippen LogP contribution in [0.5, 0.6) is 5.88 Å². The maximum atomic E-state index is 9.69. The Hall–Kier alpha value is -1.20. The number of rotatable bonds is 7. The first-order valence-electron chi connectivity index (χ1n) is 5.96. The normalized spacial score (nSPS) is 12.8. The van der Waals surface area contributed by atoms with Crippen LogP contribution in [0.4, 0.5) is 0 Å². The van der Waals surface area contributed by atoms with Gasteiger partial charge in [-0.25, -0.2) is 9.97 Å². The number of aliphatic hydroxyl groups is 1. The summed E-state index contributed by atoms with van der Waals surface area (Å²) in [7, 11) is 0. The molecule has 96 valence electrons. The van der Waals surface area contributed by atoms with Gasteiger partial charge in [0.1, 0.15) is 19.0 Å². The lowest BCUT2D eigenvalue weighted by atomic mass is 10.2. The second kappa shape index (κ2) is 7.19. The molecule has 17 heavy (non-hydrogen) atoms. The Labute approximate surface area is 102 Å². The van der Waals surface area contributed by atoms with Gasteiger partial charge in [-0.05, 0) is 6.42 Å². The van der Waals surface area contributed by atoms with Gasteiger partial charge in [-0.1, -0.05) is 20.8 Å². The number of ether oxygens (including phenoxy) is 1. The maximum Gasteiger partial charge on any atom is 0.219 e. The number of aromatic nitrogens is 2. The number of aliphatic hydroxyl groups excluding tert-OH is 1. The van der Waals surface area contributed by atoms with Crippen molar-refractivity contribution in [1.29, 1.82) is 0 Å². The molecule has 1 unspecified atom stereocenters. The number of nitrogens with zero attached hydrogens (tertiary/aromatic N) is 2. The van der Waals surface area contributed by atoms with Crippen LogP contribution in [0.3, 0.4) is 0 Å². The van der Waals surface area contributed by atoms with Crippen molar-refractivity contribution in [1.82, 2.24) is 15.3 Å². The van der Waals surface area contributed by atoms with Crippen LogP contribution < -0.4 is 10.1 Å². The molecule has 0 aliphatic rings. The van der Waals surface area contributed by atoms with E-state index in [0.717, 1.165) is 12.0 Å². The zero-order valence-electron chi connectivity index (χ0n) is 10.7. The smallest absolute Gasteiger partial charge is 0.219 e. The first kappa shape index (κ1) is 13.9. The average Bonchev–Trinajstić information content (AvgIpc) is 2.34. The van der Waals surface area contributed by atoms with Gasteiger partial charge in [0.05, 0.1) is 0 Å². The van der Waals surface area contributed by atoms with Gasteiger partial charge in [-0.3, -0.25) is 0 Å². The molecule has 1 heterocycles. The minimum atomic E-state index is -0.530. The van der Waals surface area contributed by atoms with Crippen LogP contribution >= 0.6 is 0 Å². The highest BCUT2D eigenvalue weighted by Gasteiger charge is 2.08. The fourth-order valence-electron chi connectivity index (χ4n) is 1.33. The summed E-state index contributed by atoms with van der Waals surface area (Å²) in [5, 5.41) is 12.8. The molecule has 1 atom stereocenters. The van der Waals surface area contributed by atoms with Gasteiger partial charge < -0.3 is 15.2 Å². The molecule has 0 aliphatic heterocycles. The molecule has 1 rings (SSSR count). The quantitative estimate of drug-likeness (QED) is 0.736. The van der Waals surface area contributed by atoms with Crippen molar-refractivity contribution >= 4 is 0 Å². The molecule has 5 heteroatoms. The van der Waals surface area contributed by atoms with Crippen LogP contribution in [0.1, 0.15) is 26.3 Å². The highest BCUT2D eigenvalue weighted by molar-refractivity contribution is 5.21. The van der Waals surface area contributed by atoms with E-state index in [0.29, 0.717) is 18.5 Å². The monoisotopic (exact) mass is 239 g/mol.